The van der Waals surface area contributed by atoms with Crippen LogP contribution >= 0.6 is 11.6 Å². The molecular weight excluding hydrogens is 435 g/mol. The number of nitrogens with zero attached hydrogens (tertiary/aromatic N) is 3. The van der Waals surface area contributed by atoms with E-state index in [1.807, 2.05) is 6.92 Å². The molecule has 1 atom stereocenters. The van der Waals surface area contributed by atoms with Crippen molar-refractivity contribution in [2.24, 2.45) is 0 Å². The summed E-state index contributed by atoms with van der Waals surface area (Å²) in [4.78, 5) is 22.4. The molecule has 0 aliphatic rings. The summed E-state index contributed by atoms with van der Waals surface area (Å²) < 4.78 is 14.4. The SMILES string of the molecule is CCCN(CO)c1ncc(F)c(-c2ccc(C(=O)NC(CO)c3cccc(Cl)c3)cc2)n1. The predicted octanol–water partition coefficient (Wildman–Crippen LogP) is 3.57. The second-order valence-corrected chi connectivity index (χ2v) is 7.55. The summed E-state index contributed by atoms with van der Waals surface area (Å²) in [6.07, 6.45) is 1.83. The van der Waals surface area contributed by atoms with Crippen LogP contribution in [0.15, 0.2) is 54.7 Å². The highest BCUT2D eigenvalue weighted by Crippen LogP contribution is 2.24. The molecule has 0 radical (unpaired) electrons. The number of anilines is 1. The molecule has 3 rings (SSSR count). The number of carbonyl (C=O) groups is 1. The number of aliphatic hydroxyl groups excluding tert-OH is 2. The van der Waals surface area contributed by atoms with E-state index in [9.17, 15) is 19.4 Å². The highest BCUT2D eigenvalue weighted by Gasteiger charge is 2.17. The largest absolute Gasteiger partial charge is 0.394 e. The Kier molecular flexibility index (Phi) is 8.10. The fourth-order valence-electron chi connectivity index (χ4n) is 3.20. The fourth-order valence-corrected chi connectivity index (χ4v) is 3.39. The summed E-state index contributed by atoms with van der Waals surface area (Å²) in [7, 11) is 0. The van der Waals surface area contributed by atoms with E-state index in [4.69, 9.17) is 11.6 Å². The average Bonchev–Trinajstić information content (AvgIpc) is 2.81. The van der Waals surface area contributed by atoms with Gasteiger partial charge in [0.05, 0.1) is 18.8 Å². The smallest absolute Gasteiger partial charge is 0.251 e. The number of benzene rings is 2. The van der Waals surface area contributed by atoms with Gasteiger partial charge < -0.3 is 20.4 Å². The minimum Gasteiger partial charge on any atom is -0.394 e. The van der Waals surface area contributed by atoms with Gasteiger partial charge in [-0.15, -0.1) is 0 Å². The fraction of sp³-hybridized carbons (Fsp3) is 0.261. The molecular formula is C23H24ClFN4O3. The zero-order chi connectivity index (χ0) is 23.1. The first-order valence-electron chi connectivity index (χ1n) is 10.1. The van der Waals surface area contributed by atoms with Gasteiger partial charge in [0.2, 0.25) is 5.95 Å². The summed E-state index contributed by atoms with van der Waals surface area (Å²) in [5.74, 6) is -0.782. The van der Waals surface area contributed by atoms with Crippen LogP contribution in [0, 0.1) is 5.82 Å². The number of hydrogen-bond acceptors (Lipinski definition) is 6. The normalized spacial score (nSPS) is 11.8. The molecule has 9 heteroatoms. The number of aliphatic hydroxyl groups is 2. The topological polar surface area (TPSA) is 98.6 Å². The molecule has 0 aliphatic heterocycles. The Morgan fingerprint density at radius 1 is 1.22 bits per heavy atom. The van der Waals surface area contributed by atoms with Gasteiger partial charge in [-0.2, -0.15) is 0 Å². The molecule has 1 amide bonds. The van der Waals surface area contributed by atoms with Crippen LogP contribution in [0.2, 0.25) is 5.02 Å². The van der Waals surface area contributed by atoms with Crippen LogP contribution in [-0.4, -0.2) is 46.0 Å². The zero-order valence-electron chi connectivity index (χ0n) is 17.5. The van der Waals surface area contributed by atoms with E-state index in [0.717, 1.165) is 12.6 Å². The molecule has 1 heterocycles. The van der Waals surface area contributed by atoms with Gasteiger partial charge in [0.1, 0.15) is 12.4 Å². The number of amides is 1. The molecule has 0 fully saturated rings. The summed E-state index contributed by atoms with van der Waals surface area (Å²) in [5.41, 5.74) is 1.56. The molecule has 168 valence electrons. The lowest BCUT2D eigenvalue weighted by Gasteiger charge is -2.19. The third-order valence-electron chi connectivity index (χ3n) is 4.84. The van der Waals surface area contributed by atoms with Gasteiger partial charge in [0, 0.05) is 22.7 Å². The quantitative estimate of drug-likeness (QED) is 0.424. The molecule has 3 aromatic rings. The zero-order valence-corrected chi connectivity index (χ0v) is 18.3. The van der Waals surface area contributed by atoms with E-state index < -0.39 is 17.8 Å². The van der Waals surface area contributed by atoms with E-state index in [0.29, 0.717) is 28.3 Å². The van der Waals surface area contributed by atoms with E-state index in [2.05, 4.69) is 15.3 Å². The van der Waals surface area contributed by atoms with Gasteiger partial charge in [0.25, 0.3) is 5.91 Å². The van der Waals surface area contributed by atoms with Crippen LogP contribution < -0.4 is 10.2 Å². The van der Waals surface area contributed by atoms with E-state index in [1.165, 1.54) is 4.90 Å². The maximum Gasteiger partial charge on any atom is 0.251 e. The lowest BCUT2D eigenvalue weighted by molar-refractivity contribution is 0.0916. The van der Waals surface area contributed by atoms with Gasteiger partial charge in [-0.25, -0.2) is 14.4 Å². The maximum absolute atomic E-state index is 14.4. The van der Waals surface area contributed by atoms with Crippen molar-refractivity contribution >= 4 is 23.5 Å². The molecule has 0 saturated heterocycles. The second kappa shape index (κ2) is 11.0. The summed E-state index contributed by atoms with van der Waals surface area (Å²) in [6.45, 7) is 1.90. The molecule has 0 bridgehead atoms. The predicted molar refractivity (Wildman–Crippen MR) is 121 cm³/mol. The Hall–Kier alpha value is -3.07. The molecule has 0 saturated carbocycles. The average molecular weight is 459 g/mol. The van der Waals surface area contributed by atoms with Crippen molar-refractivity contribution in [3.05, 3.63) is 76.7 Å². The van der Waals surface area contributed by atoms with E-state index in [1.54, 1.807) is 48.5 Å². The van der Waals surface area contributed by atoms with Crippen LogP contribution in [0.1, 0.15) is 35.3 Å². The van der Waals surface area contributed by atoms with Crippen LogP contribution in [0.5, 0.6) is 0 Å². The van der Waals surface area contributed by atoms with Crippen LogP contribution in [0.4, 0.5) is 10.3 Å². The van der Waals surface area contributed by atoms with Crippen LogP contribution in [-0.2, 0) is 0 Å². The van der Waals surface area contributed by atoms with Crippen molar-refractivity contribution in [3.8, 4) is 11.3 Å². The molecule has 0 spiro atoms. The van der Waals surface area contributed by atoms with Crippen molar-refractivity contribution in [2.45, 2.75) is 19.4 Å². The standard InChI is InChI=1S/C23H24ClFN4O3/c1-2-10-29(14-31)23-26-12-19(25)21(28-23)15-6-8-16(9-7-15)22(32)27-20(13-30)17-4-3-5-18(24)11-17/h3-9,11-12,20,30-31H,2,10,13-14H2,1H3,(H,27,32). The Labute approximate surface area is 190 Å². The monoisotopic (exact) mass is 458 g/mol. The van der Waals surface area contributed by atoms with Gasteiger partial charge in [-0.3, -0.25) is 4.79 Å². The molecule has 7 nitrogen and oxygen atoms in total. The Bertz CT molecular complexity index is 1070. The maximum atomic E-state index is 14.4. The highest BCUT2D eigenvalue weighted by molar-refractivity contribution is 6.30. The number of hydrogen-bond donors (Lipinski definition) is 3. The first-order chi connectivity index (χ1) is 15.5. The minimum atomic E-state index is -0.620. The molecule has 2 aromatic carbocycles. The summed E-state index contributed by atoms with van der Waals surface area (Å²) in [5, 5.41) is 22.5. The number of carbonyl (C=O) groups excluding carboxylic acids is 1. The lowest BCUT2D eigenvalue weighted by Crippen LogP contribution is -2.30. The van der Waals surface area contributed by atoms with Gasteiger partial charge >= 0.3 is 0 Å². The third-order valence-corrected chi connectivity index (χ3v) is 5.07. The lowest BCUT2D eigenvalue weighted by atomic mass is 10.1. The van der Waals surface area contributed by atoms with Crippen LogP contribution in [0.3, 0.4) is 0 Å². The Balaban J connectivity index is 1.79. The Morgan fingerprint density at radius 3 is 2.59 bits per heavy atom. The van der Waals surface area contributed by atoms with Gasteiger partial charge in [0.15, 0.2) is 5.82 Å². The van der Waals surface area contributed by atoms with Crippen molar-refractivity contribution in [1.29, 1.82) is 0 Å². The van der Waals surface area contributed by atoms with Gasteiger partial charge in [-0.1, -0.05) is 42.8 Å². The first kappa shape index (κ1) is 23.6. The van der Waals surface area contributed by atoms with Crippen molar-refractivity contribution in [1.82, 2.24) is 15.3 Å². The number of halogens is 2. The third kappa shape index (κ3) is 5.59. The first-order valence-corrected chi connectivity index (χ1v) is 10.5. The van der Waals surface area contributed by atoms with Gasteiger partial charge in [-0.05, 0) is 36.2 Å². The highest BCUT2D eigenvalue weighted by atomic mass is 35.5. The van der Waals surface area contributed by atoms with Crippen molar-refractivity contribution < 1.29 is 19.4 Å². The van der Waals surface area contributed by atoms with Crippen molar-refractivity contribution in [2.75, 3.05) is 24.8 Å². The molecule has 3 N–H and O–H groups in total. The molecule has 1 aromatic heterocycles. The van der Waals surface area contributed by atoms with Crippen molar-refractivity contribution in [3.63, 3.8) is 0 Å². The molecule has 1 unspecified atom stereocenters. The molecule has 0 aliphatic carbocycles. The Morgan fingerprint density at radius 2 is 1.97 bits per heavy atom. The van der Waals surface area contributed by atoms with E-state index in [-0.39, 0.29) is 25.0 Å². The van der Waals surface area contributed by atoms with Crippen LogP contribution in [0.25, 0.3) is 11.3 Å². The molecule has 32 heavy (non-hydrogen) atoms. The number of nitrogens with one attached hydrogen (secondary N) is 1. The second-order valence-electron chi connectivity index (χ2n) is 7.11. The summed E-state index contributed by atoms with van der Waals surface area (Å²) >= 11 is 5.99. The van der Waals surface area contributed by atoms with E-state index >= 15 is 0 Å². The number of rotatable bonds is 9. The minimum absolute atomic E-state index is 0.0728. The number of aromatic nitrogens is 2. The summed E-state index contributed by atoms with van der Waals surface area (Å²) in [6, 6.07) is 12.5.